The van der Waals surface area contributed by atoms with Crippen molar-refractivity contribution in [2.24, 2.45) is 0 Å². The first-order valence-electron chi connectivity index (χ1n) is 11.1. The molecule has 1 aliphatic rings. The fourth-order valence-electron chi connectivity index (χ4n) is 4.12. The number of methoxy groups -OCH3 is 1. The number of aromatic amines is 1. The molecule has 1 N–H and O–H groups in total. The summed E-state index contributed by atoms with van der Waals surface area (Å²) in [6, 6.07) is 21.2. The zero-order valence-electron chi connectivity index (χ0n) is 18.8. The van der Waals surface area contributed by atoms with Gasteiger partial charge in [-0.15, -0.1) is 0 Å². The van der Waals surface area contributed by atoms with E-state index >= 15 is 0 Å². The maximum atomic E-state index is 12.6. The van der Waals surface area contributed by atoms with Gasteiger partial charge in [0.25, 0.3) is 5.56 Å². The number of anilines is 2. The van der Waals surface area contributed by atoms with Gasteiger partial charge in [0.15, 0.2) is 10.6 Å². The van der Waals surface area contributed by atoms with E-state index in [1.165, 1.54) is 10.4 Å². The molecular formula is C24H25N7O2S. The average Bonchev–Trinajstić information content (AvgIpc) is 3.25. The molecule has 3 heterocycles. The summed E-state index contributed by atoms with van der Waals surface area (Å²) in [7, 11) is 1.67. The molecule has 2 aromatic carbocycles. The lowest BCUT2D eigenvalue weighted by Gasteiger charge is -2.36. The van der Waals surface area contributed by atoms with Gasteiger partial charge in [-0.25, -0.2) is 4.68 Å². The summed E-state index contributed by atoms with van der Waals surface area (Å²) in [4.78, 5) is 17.1. The van der Waals surface area contributed by atoms with Crippen LogP contribution in [0.5, 0.6) is 5.75 Å². The average molecular weight is 476 g/mol. The summed E-state index contributed by atoms with van der Waals surface area (Å²) < 4.78 is 8.99. The molecule has 2 aromatic heterocycles. The van der Waals surface area contributed by atoms with Crippen LogP contribution in [0.25, 0.3) is 5.69 Å². The van der Waals surface area contributed by atoms with Gasteiger partial charge in [-0.3, -0.25) is 14.5 Å². The molecule has 0 radical (unpaired) electrons. The smallest absolute Gasteiger partial charge is 0.267 e. The van der Waals surface area contributed by atoms with Gasteiger partial charge in [0.1, 0.15) is 18.1 Å². The first-order chi connectivity index (χ1) is 16.6. The number of hydrogen-bond acceptors (Lipinski definition) is 7. The molecule has 0 spiro atoms. The van der Waals surface area contributed by atoms with Crippen LogP contribution < -0.4 is 20.1 Å². The molecule has 5 rings (SSSR count). The minimum atomic E-state index is -0.186. The minimum Gasteiger partial charge on any atom is -0.497 e. The van der Waals surface area contributed by atoms with Crippen LogP contribution in [0.1, 0.15) is 5.82 Å². The first kappa shape index (κ1) is 21.9. The Kier molecular flexibility index (Phi) is 6.13. The number of hydrogen-bond donors (Lipinski definition) is 1. The molecule has 0 amide bonds. The lowest BCUT2D eigenvalue weighted by Crippen LogP contribution is -2.47. The predicted octanol–water partition coefficient (Wildman–Crippen LogP) is 2.87. The Hall–Kier alpha value is -3.92. The molecule has 174 valence electrons. The molecule has 0 bridgehead atoms. The number of benzene rings is 2. The summed E-state index contributed by atoms with van der Waals surface area (Å²) in [6.45, 7) is 3.54. The zero-order chi connectivity index (χ0) is 23.5. The standard InChI is InChI=1S/C24H25N7O2S/c1-33-20-9-7-18(8-10-20)28-13-15-29(16-14-28)21-11-12-23(32)30(27-21)17-22-25-26-24(34)31(22)19-5-3-2-4-6-19/h2-12H,13-17H2,1H3,(H,26,34). The van der Waals surface area contributed by atoms with Crippen LogP contribution in [0.15, 0.2) is 71.5 Å². The van der Waals surface area contributed by atoms with E-state index in [4.69, 9.17) is 17.0 Å². The van der Waals surface area contributed by atoms with E-state index < -0.39 is 0 Å². The Balaban J connectivity index is 1.33. The van der Waals surface area contributed by atoms with Crippen molar-refractivity contribution in [3.8, 4) is 11.4 Å². The Morgan fingerprint density at radius 3 is 2.32 bits per heavy atom. The van der Waals surface area contributed by atoms with Gasteiger partial charge in [0, 0.05) is 43.6 Å². The summed E-state index contributed by atoms with van der Waals surface area (Å²) >= 11 is 5.41. The summed E-state index contributed by atoms with van der Waals surface area (Å²) in [5.41, 5.74) is 1.87. The molecule has 9 nitrogen and oxygen atoms in total. The third-order valence-electron chi connectivity index (χ3n) is 5.94. The van der Waals surface area contributed by atoms with E-state index in [9.17, 15) is 4.79 Å². The van der Waals surface area contributed by atoms with Crippen molar-refractivity contribution in [2.75, 3.05) is 43.1 Å². The number of nitrogens with zero attached hydrogens (tertiary/aromatic N) is 6. The van der Waals surface area contributed by atoms with Crippen molar-refractivity contribution < 1.29 is 4.74 Å². The molecule has 34 heavy (non-hydrogen) atoms. The van der Waals surface area contributed by atoms with Gasteiger partial charge >= 0.3 is 0 Å². The third-order valence-corrected chi connectivity index (χ3v) is 6.22. The van der Waals surface area contributed by atoms with Gasteiger partial charge in [-0.1, -0.05) is 18.2 Å². The highest BCUT2D eigenvalue weighted by Gasteiger charge is 2.20. The molecule has 0 saturated carbocycles. The Labute approximate surface area is 201 Å². The van der Waals surface area contributed by atoms with Crippen molar-refractivity contribution >= 4 is 23.7 Å². The number of ether oxygens (including phenoxy) is 1. The molecule has 0 aliphatic carbocycles. The zero-order valence-corrected chi connectivity index (χ0v) is 19.6. The van der Waals surface area contributed by atoms with Crippen LogP contribution in [-0.4, -0.2) is 57.8 Å². The summed E-state index contributed by atoms with van der Waals surface area (Å²) in [6.07, 6.45) is 0. The van der Waals surface area contributed by atoms with Crippen LogP contribution >= 0.6 is 12.2 Å². The van der Waals surface area contributed by atoms with E-state index in [1.807, 2.05) is 47.0 Å². The van der Waals surface area contributed by atoms with Crippen molar-refractivity contribution in [2.45, 2.75) is 6.54 Å². The molecule has 1 fully saturated rings. The van der Waals surface area contributed by atoms with Gasteiger partial charge in [0.05, 0.1) is 7.11 Å². The molecule has 4 aromatic rings. The summed E-state index contributed by atoms with van der Waals surface area (Å²) in [5, 5.41) is 11.8. The van der Waals surface area contributed by atoms with Gasteiger partial charge < -0.3 is 14.5 Å². The first-order valence-corrected chi connectivity index (χ1v) is 11.5. The number of H-pyrrole nitrogens is 1. The van der Waals surface area contributed by atoms with E-state index in [0.29, 0.717) is 10.6 Å². The lowest BCUT2D eigenvalue weighted by atomic mass is 10.2. The number of para-hydroxylation sites is 1. The molecule has 1 aliphatic heterocycles. The van der Waals surface area contributed by atoms with Crippen LogP contribution in [0, 0.1) is 4.77 Å². The Morgan fingerprint density at radius 1 is 0.912 bits per heavy atom. The quantitative estimate of drug-likeness (QED) is 0.429. The third kappa shape index (κ3) is 4.44. The molecule has 0 atom stereocenters. The monoisotopic (exact) mass is 475 g/mol. The van der Waals surface area contributed by atoms with Crippen molar-refractivity contribution in [3.63, 3.8) is 0 Å². The molecule has 1 saturated heterocycles. The highest BCUT2D eigenvalue weighted by molar-refractivity contribution is 7.71. The number of aromatic nitrogens is 5. The highest BCUT2D eigenvalue weighted by Crippen LogP contribution is 2.22. The van der Waals surface area contributed by atoms with Crippen LogP contribution in [-0.2, 0) is 6.54 Å². The Morgan fingerprint density at radius 2 is 1.62 bits per heavy atom. The number of piperazine rings is 1. The van der Waals surface area contributed by atoms with Crippen molar-refractivity contribution in [3.05, 3.63) is 87.7 Å². The second kappa shape index (κ2) is 9.52. The number of nitrogens with one attached hydrogen (secondary N) is 1. The molecule has 0 unspecified atom stereocenters. The maximum absolute atomic E-state index is 12.6. The normalized spacial score (nSPS) is 13.8. The number of rotatable bonds is 6. The molecular weight excluding hydrogens is 450 g/mol. The van der Waals surface area contributed by atoms with E-state index in [0.717, 1.165) is 43.4 Å². The van der Waals surface area contributed by atoms with E-state index in [1.54, 1.807) is 19.2 Å². The minimum absolute atomic E-state index is 0.186. The second-order valence-electron chi connectivity index (χ2n) is 7.98. The van der Waals surface area contributed by atoms with Crippen LogP contribution in [0.2, 0.25) is 0 Å². The van der Waals surface area contributed by atoms with Crippen LogP contribution in [0.3, 0.4) is 0 Å². The maximum Gasteiger partial charge on any atom is 0.267 e. The lowest BCUT2D eigenvalue weighted by molar-refractivity contribution is 0.415. The SMILES string of the molecule is COc1ccc(N2CCN(c3ccc(=O)n(Cc4n[nH]c(=S)n4-c4ccccc4)n3)CC2)cc1. The highest BCUT2D eigenvalue weighted by atomic mass is 32.1. The topological polar surface area (TPSA) is 84.2 Å². The van der Waals surface area contributed by atoms with Gasteiger partial charge in [0.2, 0.25) is 0 Å². The fourth-order valence-corrected chi connectivity index (χ4v) is 4.38. The summed E-state index contributed by atoms with van der Waals surface area (Å²) in [5.74, 6) is 2.24. The van der Waals surface area contributed by atoms with Crippen LogP contribution in [0.4, 0.5) is 11.5 Å². The van der Waals surface area contributed by atoms with E-state index in [-0.39, 0.29) is 12.1 Å². The molecule has 10 heteroatoms. The Bertz CT molecular complexity index is 1370. The fraction of sp³-hybridized carbons (Fsp3) is 0.250. The second-order valence-corrected chi connectivity index (χ2v) is 8.36. The van der Waals surface area contributed by atoms with Crippen molar-refractivity contribution in [1.82, 2.24) is 24.5 Å². The van der Waals surface area contributed by atoms with E-state index in [2.05, 4.69) is 37.2 Å². The largest absolute Gasteiger partial charge is 0.497 e. The van der Waals surface area contributed by atoms with Crippen molar-refractivity contribution in [1.29, 1.82) is 0 Å². The van der Waals surface area contributed by atoms with Gasteiger partial charge in [-0.2, -0.15) is 10.2 Å². The van der Waals surface area contributed by atoms with Gasteiger partial charge in [-0.05, 0) is 54.7 Å². The predicted molar refractivity (Wildman–Crippen MR) is 134 cm³/mol.